The number of carbonyl (C=O) groups excluding carboxylic acids is 2. The van der Waals surface area contributed by atoms with Crippen molar-refractivity contribution in [3.8, 4) is 22.3 Å². The average molecular weight is 977 g/mol. The van der Waals surface area contributed by atoms with E-state index >= 15 is 0 Å². The fourth-order valence-corrected chi connectivity index (χ4v) is 7.19. The number of aromatic carboxylic acids is 1. The van der Waals surface area contributed by atoms with Gasteiger partial charge in [0.05, 0.1) is 24.6 Å². The summed E-state index contributed by atoms with van der Waals surface area (Å²) in [5.74, 6) is 1.49. The molecule has 6 aromatic rings. The quantitative estimate of drug-likeness (QED) is 0.0243. The van der Waals surface area contributed by atoms with Crippen molar-refractivity contribution in [1.82, 2.24) is 19.9 Å². The van der Waals surface area contributed by atoms with Crippen LogP contribution in [0.15, 0.2) is 107 Å². The molecule has 0 saturated heterocycles. The molecule has 0 fully saturated rings. The summed E-state index contributed by atoms with van der Waals surface area (Å²) in [6.45, 7) is 1.80. The Morgan fingerprint density at radius 2 is 1.20 bits per heavy atom. The molecule has 0 aliphatic rings. The smallest absolute Gasteiger partial charge is 0.347 e. The Morgan fingerprint density at radius 1 is 0.723 bits per heavy atom. The number of ether oxygens (including phenoxy) is 1. The molecule has 2 aromatic heterocycles. The van der Waals surface area contributed by atoms with Gasteiger partial charge in [-0.1, -0.05) is 94.4 Å². The van der Waals surface area contributed by atoms with Gasteiger partial charge in [-0.25, -0.2) is 28.2 Å². The number of hydrogen-bond donors (Lipinski definition) is 7. The summed E-state index contributed by atoms with van der Waals surface area (Å²) in [5, 5.41) is 38.9. The maximum absolute atomic E-state index is 14.1. The maximum atomic E-state index is 14.1. The zero-order chi connectivity index (χ0) is 47.8. The summed E-state index contributed by atoms with van der Waals surface area (Å²) < 4.78 is 32.7. The molecule has 6 rings (SSSR count). The first-order chi connectivity index (χ1) is 30.8. The third-order valence-corrected chi connectivity index (χ3v) is 10.9. The summed E-state index contributed by atoms with van der Waals surface area (Å²) >= 11 is 13.3. The second-order valence-electron chi connectivity index (χ2n) is 13.7. The topological polar surface area (TPSA) is 257 Å². The number of Topliss-reactive ketones (excluding diaryl/α,β-unsaturated/α-hetero) is 1. The lowest BCUT2D eigenvalue weighted by Crippen LogP contribution is -2.41. The monoisotopic (exact) mass is 975 g/mol. The molecule has 0 saturated carbocycles. The molecule has 344 valence electrons. The van der Waals surface area contributed by atoms with Gasteiger partial charge in [0.1, 0.15) is 16.5 Å². The van der Waals surface area contributed by atoms with Gasteiger partial charge < -0.3 is 35.1 Å². The van der Waals surface area contributed by atoms with Crippen molar-refractivity contribution in [2.24, 2.45) is 5.84 Å². The van der Waals surface area contributed by atoms with E-state index in [0.29, 0.717) is 50.2 Å². The minimum atomic E-state index is -1.68. The Kier molecular flexibility index (Phi) is 19.8. The lowest BCUT2D eigenvalue weighted by atomic mass is 10.0. The number of aliphatic carboxylic acids is 1. The predicted molar refractivity (Wildman–Crippen MR) is 241 cm³/mol. The van der Waals surface area contributed by atoms with Crippen LogP contribution in [-0.2, 0) is 27.4 Å². The number of aromatic amines is 2. The number of hydrazine groups is 1. The van der Waals surface area contributed by atoms with E-state index < -0.39 is 35.9 Å². The van der Waals surface area contributed by atoms with Gasteiger partial charge in [-0.15, -0.1) is 0 Å². The highest BCUT2D eigenvalue weighted by molar-refractivity contribution is 7.11. The Balaban J connectivity index is 0.000000242. The number of aliphatic hydroxyl groups is 2. The number of rotatable bonds is 17. The minimum absolute atomic E-state index is 0.0417. The van der Waals surface area contributed by atoms with Gasteiger partial charge in [0.15, 0.2) is 18.0 Å². The number of H-pyrrole nitrogens is 2. The van der Waals surface area contributed by atoms with Crippen molar-refractivity contribution >= 4 is 69.6 Å². The van der Waals surface area contributed by atoms with Crippen LogP contribution in [0.2, 0.25) is 10.0 Å². The van der Waals surface area contributed by atoms with Crippen molar-refractivity contribution < 1.29 is 53.1 Å². The van der Waals surface area contributed by atoms with Crippen LogP contribution in [0.5, 0.6) is 0 Å². The highest BCUT2D eigenvalue weighted by Crippen LogP contribution is 2.28. The zero-order valence-electron chi connectivity index (χ0n) is 34.1. The summed E-state index contributed by atoms with van der Waals surface area (Å²) in [7, 11) is 0. The van der Waals surface area contributed by atoms with E-state index in [-0.39, 0.29) is 63.9 Å². The highest BCUT2D eigenvalue weighted by Gasteiger charge is 2.22. The molecular formula is C43H41Cl2F2N5O11S2. The number of esters is 1. The molecule has 4 aromatic carbocycles. The SMILES string of the molecule is CCOC(=O)[C@H](O)CN(N)Cc1ccc(-c2cc(Cl)ccc2F)cc1.O=C(CN(Cc1ccc(-c2cc(Cl)ccc2F)cc1)C[C@@H](O)C(=O)O)c1c[nH]c(=O)s1.O=C(O)c1c[nH]c(=O)s1. The Morgan fingerprint density at radius 3 is 1.62 bits per heavy atom. The van der Waals surface area contributed by atoms with Gasteiger partial charge >= 0.3 is 27.7 Å². The number of thiazole rings is 2. The summed E-state index contributed by atoms with van der Waals surface area (Å²) in [6.07, 6.45) is -0.507. The summed E-state index contributed by atoms with van der Waals surface area (Å²) in [4.78, 5) is 72.2. The highest BCUT2D eigenvalue weighted by atomic mass is 35.5. The number of hydrogen-bond acceptors (Lipinski definition) is 14. The Bertz CT molecular complexity index is 2680. The van der Waals surface area contributed by atoms with Crippen LogP contribution in [0.4, 0.5) is 8.78 Å². The fraction of sp³-hybridized carbons (Fsp3) is 0.209. The molecule has 0 aliphatic heterocycles. The van der Waals surface area contributed by atoms with Gasteiger partial charge in [0.2, 0.25) is 0 Å². The number of aromatic nitrogens is 2. The molecule has 0 radical (unpaired) electrons. The van der Waals surface area contributed by atoms with Crippen molar-refractivity contribution in [3.63, 3.8) is 0 Å². The molecule has 16 nitrogen and oxygen atoms in total. The van der Waals surface area contributed by atoms with E-state index in [1.54, 1.807) is 61.5 Å². The number of carboxylic acids is 2. The molecule has 2 atom stereocenters. The molecular weight excluding hydrogens is 936 g/mol. The lowest BCUT2D eigenvalue weighted by Gasteiger charge is -2.23. The second-order valence-corrected chi connectivity index (χ2v) is 16.6. The van der Waals surface area contributed by atoms with Gasteiger partial charge in [-0.2, -0.15) is 0 Å². The number of carboxylic acid groups (broad SMARTS) is 2. The Hall–Kier alpha value is -5.94. The molecule has 0 spiro atoms. The molecule has 0 bridgehead atoms. The van der Waals surface area contributed by atoms with E-state index in [9.17, 15) is 47.8 Å². The standard InChI is InChI=1S/C21H18ClFN2O5S.C18H20ClFN2O3.C4H3NO3S/c22-14-5-6-16(23)15(7-14)13-3-1-12(2-4-13)9-25(11-18(27)20(28)29)10-17(26)19-8-24-21(30)31-19;1-2-25-18(24)17(23)11-22(21)10-12-3-5-13(6-4-12)15-9-14(19)7-8-16(15)20;6-3(7)2-1-5-4(8)9-2/h1-8,18,27H,9-11H2,(H,24,30)(H,28,29);3-9,17,23H,2,10-11,21H2,1H3;1H,(H,5,8)(H,6,7)/t18-;17-;/m11./s1. The van der Waals surface area contributed by atoms with Crippen LogP contribution in [0.1, 0.15) is 37.4 Å². The normalized spacial score (nSPS) is 11.8. The van der Waals surface area contributed by atoms with Crippen LogP contribution in [-0.4, -0.2) is 102 Å². The minimum Gasteiger partial charge on any atom is -0.479 e. The number of ketones is 1. The lowest BCUT2D eigenvalue weighted by molar-refractivity contribution is -0.154. The number of aliphatic hydroxyl groups excluding tert-OH is 2. The third-order valence-electron chi connectivity index (χ3n) is 8.76. The maximum Gasteiger partial charge on any atom is 0.347 e. The van der Waals surface area contributed by atoms with Crippen molar-refractivity contribution in [3.05, 3.63) is 159 Å². The van der Waals surface area contributed by atoms with E-state index in [0.717, 1.165) is 22.5 Å². The first kappa shape index (κ1) is 51.7. The average Bonchev–Trinajstić information content (AvgIpc) is 3.92. The van der Waals surface area contributed by atoms with Gasteiger partial charge in [-0.3, -0.25) is 25.1 Å². The number of halogens is 4. The number of nitrogens with one attached hydrogen (secondary N) is 2. The van der Waals surface area contributed by atoms with Crippen LogP contribution in [0, 0.1) is 11.6 Å². The van der Waals surface area contributed by atoms with Gasteiger partial charge in [0, 0.05) is 53.2 Å². The van der Waals surface area contributed by atoms with Gasteiger partial charge in [0.25, 0.3) is 0 Å². The van der Waals surface area contributed by atoms with Crippen molar-refractivity contribution in [2.75, 3.05) is 26.2 Å². The second kappa shape index (κ2) is 24.9. The van der Waals surface area contributed by atoms with E-state index in [2.05, 4.69) is 9.97 Å². The predicted octanol–water partition coefficient (Wildman–Crippen LogP) is 5.91. The fourth-order valence-electron chi connectivity index (χ4n) is 5.71. The van der Waals surface area contributed by atoms with Crippen molar-refractivity contribution in [2.45, 2.75) is 32.2 Å². The zero-order valence-corrected chi connectivity index (χ0v) is 37.2. The van der Waals surface area contributed by atoms with Crippen LogP contribution in [0.25, 0.3) is 22.3 Å². The van der Waals surface area contributed by atoms with Crippen LogP contribution < -0.4 is 15.6 Å². The molecule has 22 heteroatoms. The van der Waals surface area contributed by atoms with E-state index in [4.69, 9.17) is 44.0 Å². The molecule has 0 aliphatic carbocycles. The van der Waals surface area contributed by atoms with Crippen molar-refractivity contribution in [1.29, 1.82) is 0 Å². The number of nitrogens with two attached hydrogens (primary N) is 1. The molecule has 65 heavy (non-hydrogen) atoms. The van der Waals surface area contributed by atoms with Crippen LogP contribution in [0.3, 0.4) is 0 Å². The van der Waals surface area contributed by atoms with E-state index in [1.165, 1.54) is 52.6 Å². The summed E-state index contributed by atoms with van der Waals surface area (Å²) in [6, 6.07) is 22.6. The van der Waals surface area contributed by atoms with Crippen LogP contribution >= 0.6 is 45.9 Å². The molecule has 8 N–H and O–H groups in total. The number of nitrogens with zero attached hydrogens (tertiary/aromatic N) is 2. The summed E-state index contributed by atoms with van der Waals surface area (Å²) in [5.41, 5.74) is 3.63. The first-order valence-corrected chi connectivity index (χ1v) is 21.4. The molecule has 2 heterocycles. The van der Waals surface area contributed by atoms with Gasteiger partial charge in [-0.05, 0) is 65.6 Å². The number of carbonyl (C=O) groups is 4. The molecule has 0 amide bonds. The number of benzene rings is 4. The first-order valence-electron chi connectivity index (χ1n) is 19.0. The largest absolute Gasteiger partial charge is 0.479 e. The Labute approximate surface area is 386 Å². The molecule has 0 unspecified atom stereocenters. The van der Waals surface area contributed by atoms with E-state index in [1.807, 2.05) is 0 Å². The third kappa shape index (κ3) is 16.5.